The van der Waals surface area contributed by atoms with Crippen LogP contribution in [0.3, 0.4) is 0 Å². The zero-order chi connectivity index (χ0) is 11.5. The molecule has 90 valence electrons. The van der Waals surface area contributed by atoms with Gasteiger partial charge in [0.25, 0.3) is 5.91 Å². The van der Waals surface area contributed by atoms with E-state index in [0.29, 0.717) is 24.9 Å². The molecule has 0 spiro atoms. The van der Waals surface area contributed by atoms with Crippen molar-refractivity contribution in [2.24, 2.45) is 5.92 Å². The van der Waals surface area contributed by atoms with Crippen LogP contribution in [0.25, 0.3) is 0 Å². The molecule has 3 nitrogen and oxygen atoms in total. The van der Waals surface area contributed by atoms with Gasteiger partial charge in [-0.1, -0.05) is 26.2 Å². The molecule has 16 heavy (non-hydrogen) atoms. The summed E-state index contributed by atoms with van der Waals surface area (Å²) in [5, 5.41) is 0. The van der Waals surface area contributed by atoms with E-state index in [4.69, 9.17) is 0 Å². The molecular formula is C13H21NO2. The average Bonchev–Trinajstić information content (AvgIpc) is 2.64. The lowest BCUT2D eigenvalue weighted by Gasteiger charge is -2.35. The van der Waals surface area contributed by atoms with Crippen molar-refractivity contribution in [1.29, 1.82) is 0 Å². The summed E-state index contributed by atoms with van der Waals surface area (Å²) in [7, 11) is 0. The molecule has 3 heteroatoms. The standard InChI is InChI=1S/C13H21NO2/c1-2-11(10-6-4-3-5-7-10)14-9-8-12(15)13(14)16/h10-11H,2-9H2,1H3. The average molecular weight is 223 g/mol. The molecule has 1 saturated carbocycles. The van der Waals surface area contributed by atoms with Crippen molar-refractivity contribution in [2.75, 3.05) is 6.54 Å². The second-order valence-corrected chi connectivity index (χ2v) is 5.05. The van der Waals surface area contributed by atoms with E-state index in [9.17, 15) is 9.59 Å². The summed E-state index contributed by atoms with van der Waals surface area (Å²) in [6, 6.07) is 0.319. The van der Waals surface area contributed by atoms with Crippen LogP contribution in [0.2, 0.25) is 0 Å². The molecule has 2 aliphatic rings. The van der Waals surface area contributed by atoms with Crippen LogP contribution in [0.5, 0.6) is 0 Å². The molecule has 0 aromatic rings. The lowest BCUT2D eigenvalue weighted by molar-refractivity contribution is -0.142. The Bertz CT molecular complexity index is 282. The molecule has 2 fully saturated rings. The predicted molar refractivity (Wildman–Crippen MR) is 62.0 cm³/mol. The molecule has 1 amide bonds. The molecule has 0 aromatic carbocycles. The van der Waals surface area contributed by atoms with Crippen molar-refractivity contribution in [3.63, 3.8) is 0 Å². The zero-order valence-electron chi connectivity index (χ0n) is 10.1. The Balaban J connectivity index is 2.03. The number of carbonyl (C=O) groups is 2. The summed E-state index contributed by atoms with van der Waals surface area (Å²) in [4.78, 5) is 24.9. The van der Waals surface area contributed by atoms with Crippen molar-refractivity contribution >= 4 is 11.7 Å². The SMILES string of the molecule is CCC(C1CCCCC1)N1CCC(=O)C1=O. The van der Waals surface area contributed by atoms with Gasteiger partial charge >= 0.3 is 0 Å². The number of Topliss-reactive ketones (excluding diaryl/α,β-unsaturated/α-hetero) is 1. The molecule has 0 radical (unpaired) electrons. The smallest absolute Gasteiger partial charge is 0.290 e. The lowest BCUT2D eigenvalue weighted by atomic mass is 9.82. The summed E-state index contributed by atoms with van der Waals surface area (Å²) < 4.78 is 0. The predicted octanol–water partition coefficient (Wildman–Crippen LogP) is 2.15. The van der Waals surface area contributed by atoms with E-state index in [1.807, 2.05) is 4.90 Å². The second-order valence-electron chi connectivity index (χ2n) is 5.05. The van der Waals surface area contributed by atoms with Gasteiger partial charge in [0.05, 0.1) is 0 Å². The highest BCUT2D eigenvalue weighted by Gasteiger charge is 2.37. The number of amides is 1. The van der Waals surface area contributed by atoms with Gasteiger partial charge in [0.1, 0.15) is 0 Å². The van der Waals surface area contributed by atoms with Crippen molar-refractivity contribution in [3.8, 4) is 0 Å². The van der Waals surface area contributed by atoms with Gasteiger partial charge in [0, 0.05) is 19.0 Å². The fourth-order valence-electron chi connectivity index (χ4n) is 3.23. The number of likely N-dealkylation sites (tertiary alicyclic amines) is 1. The number of ketones is 1. The van der Waals surface area contributed by atoms with E-state index in [2.05, 4.69) is 6.92 Å². The van der Waals surface area contributed by atoms with Gasteiger partial charge in [-0.15, -0.1) is 0 Å². The fourth-order valence-corrected chi connectivity index (χ4v) is 3.23. The summed E-state index contributed by atoms with van der Waals surface area (Å²) in [6.07, 6.45) is 7.80. The van der Waals surface area contributed by atoms with E-state index in [1.54, 1.807) is 0 Å². The number of nitrogens with zero attached hydrogens (tertiary/aromatic N) is 1. The minimum Gasteiger partial charge on any atom is -0.332 e. The van der Waals surface area contributed by atoms with Gasteiger partial charge in [0.15, 0.2) is 0 Å². The highest BCUT2D eigenvalue weighted by Crippen LogP contribution is 2.31. The second kappa shape index (κ2) is 4.98. The first kappa shape index (κ1) is 11.6. The van der Waals surface area contributed by atoms with Crippen LogP contribution in [-0.4, -0.2) is 29.2 Å². The Labute approximate surface area is 97.2 Å². The van der Waals surface area contributed by atoms with E-state index in [-0.39, 0.29) is 11.7 Å². The van der Waals surface area contributed by atoms with Gasteiger partial charge < -0.3 is 4.90 Å². The number of hydrogen-bond donors (Lipinski definition) is 0. The fraction of sp³-hybridized carbons (Fsp3) is 0.846. The molecule has 1 unspecified atom stereocenters. The lowest BCUT2D eigenvalue weighted by Crippen LogP contribution is -2.42. The zero-order valence-corrected chi connectivity index (χ0v) is 10.1. The third-order valence-electron chi connectivity index (χ3n) is 4.09. The van der Waals surface area contributed by atoms with Crippen LogP contribution in [0, 0.1) is 5.92 Å². The van der Waals surface area contributed by atoms with Crippen LogP contribution in [0.1, 0.15) is 51.9 Å². The molecule has 0 aromatic heterocycles. The minimum atomic E-state index is -0.225. The monoisotopic (exact) mass is 223 g/mol. The van der Waals surface area contributed by atoms with Crippen LogP contribution >= 0.6 is 0 Å². The van der Waals surface area contributed by atoms with Crippen molar-refractivity contribution in [3.05, 3.63) is 0 Å². The maximum absolute atomic E-state index is 11.7. The topological polar surface area (TPSA) is 37.4 Å². The number of rotatable bonds is 3. The molecule has 1 atom stereocenters. The van der Waals surface area contributed by atoms with Crippen LogP contribution in [0.15, 0.2) is 0 Å². The normalized spacial score (nSPS) is 25.2. The molecule has 0 N–H and O–H groups in total. The first-order chi connectivity index (χ1) is 7.74. The third-order valence-corrected chi connectivity index (χ3v) is 4.09. The molecule has 0 bridgehead atoms. The van der Waals surface area contributed by atoms with Crippen LogP contribution in [-0.2, 0) is 9.59 Å². The highest BCUT2D eigenvalue weighted by atomic mass is 16.2. The van der Waals surface area contributed by atoms with E-state index >= 15 is 0 Å². The molecule has 1 heterocycles. The molecule has 1 aliphatic carbocycles. The number of carbonyl (C=O) groups excluding carboxylic acids is 2. The van der Waals surface area contributed by atoms with Gasteiger partial charge in [-0.05, 0) is 25.2 Å². The summed E-state index contributed by atoms with van der Waals surface area (Å²) in [5.41, 5.74) is 0. The quantitative estimate of drug-likeness (QED) is 0.687. The van der Waals surface area contributed by atoms with Gasteiger partial charge in [-0.3, -0.25) is 9.59 Å². The van der Waals surface area contributed by atoms with E-state index in [0.717, 1.165) is 6.42 Å². The Hall–Kier alpha value is -0.860. The van der Waals surface area contributed by atoms with E-state index < -0.39 is 0 Å². The first-order valence-corrected chi connectivity index (χ1v) is 6.58. The van der Waals surface area contributed by atoms with Crippen LogP contribution < -0.4 is 0 Å². The Morgan fingerprint density at radius 3 is 2.44 bits per heavy atom. The maximum Gasteiger partial charge on any atom is 0.290 e. The third kappa shape index (κ3) is 2.13. The molecule has 1 saturated heterocycles. The van der Waals surface area contributed by atoms with Gasteiger partial charge in [-0.2, -0.15) is 0 Å². The summed E-state index contributed by atoms with van der Waals surface area (Å²) >= 11 is 0. The maximum atomic E-state index is 11.7. The Morgan fingerprint density at radius 2 is 1.94 bits per heavy atom. The van der Waals surface area contributed by atoms with Crippen molar-refractivity contribution in [1.82, 2.24) is 4.90 Å². The number of hydrogen-bond acceptors (Lipinski definition) is 2. The minimum absolute atomic E-state index is 0.186. The Kier molecular flexibility index (Phi) is 3.62. The Morgan fingerprint density at radius 1 is 1.25 bits per heavy atom. The van der Waals surface area contributed by atoms with Gasteiger partial charge in [0.2, 0.25) is 5.78 Å². The van der Waals surface area contributed by atoms with Crippen molar-refractivity contribution < 1.29 is 9.59 Å². The molecule has 2 rings (SSSR count). The first-order valence-electron chi connectivity index (χ1n) is 6.58. The van der Waals surface area contributed by atoms with Crippen molar-refractivity contribution in [2.45, 2.75) is 57.9 Å². The van der Waals surface area contributed by atoms with Gasteiger partial charge in [-0.25, -0.2) is 0 Å². The summed E-state index contributed by atoms with van der Waals surface area (Å²) in [6.45, 7) is 2.79. The summed E-state index contributed by atoms with van der Waals surface area (Å²) in [5.74, 6) is 0.222. The van der Waals surface area contributed by atoms with E-state index in [1.165, 1.54) is 32.1 Å². The molecular weight excluding hydrogens is 202 g/mol. The molecule has 1 aliphatic heterocycles. The largest absolute Gasteiger partial charge is 0.332 e. The van der Waals surface area contributed by atoms with Crippen LogP contribution in [0.4, 0.5) is 0 Å². The highest BCUT2D eigenvalue weighted by molar-refractivity contribution is 6.37.